The molecule has 4 aromatic rings. The standard InChI is InChI=1S/C28H28N4O/c1-17-15-22(31-19(3)29-17)26-24(20-11-7-5-8-12-20)27(25(26)21-13-9-6-10-14-21)23-16-18(2)30-28(32-23)33-4/h5-16,24-27H,1-4H3/t24-,25-,26-,27-/m1/s1. The van der Waals surface area contributed by atoms with Crippen LogP contribution in [-0.4, -0.2) is 27.0 Å². The molecular weight excluding hydrogens is 408 g/mol. The summed E-state index contributed by atoms with van der Waals surface area (Å²) in [5.74, 6) is 1.65. The van der Waals surface area contributed by atoms with E-state index >= 15 is 0 Å². The van der Waals surface area contributed by atoms with E-state index in [9.17, 15) is 0 Å². The zero-order valence-electron chi connectivity index (χ0n) is 19.4. The van der Waals surface area contributed by atoms with E-state index in [1.807, 2.05) is 20.8 Å². The number of benzene rings is 2. The second-order valence-electron chi connectivity index (χ2n) is 8.83. The van der Waals surface area contributed by atoms with Gasteiger partial charge >= 0.3 is 6.01 Å². The molecule has 2 atom stereocenters. The molecule has 0 bridgehead atoms. The Bertz CT molecular complexity index is 1190. The number of nitrogens with zero attached hydrogens (tertiary/aromatic N) is 4. The van der Waals surface area contributed by atoms with E-state index in [0.29, 0.717) is 6.01 Å². The SMILES string of the molecule is COc1nc(C)cc([C@H]2[C@H](c3ccccc3)[C@H](c3cc(C)nc(C)n3)[C@H]2c2ccccc2)n1. The minimum atomic E-state index is 0.172. The summed E-state index contributed by atoms with van der Waals surface area (Å²) in [6.07, 6.45) is 0. The highest BCUT2D eigenvalue weighted by molar-refractivity contribution is 5.46. The molecule has 2 aromatic heterocycles. The van der Waals surface area contributed by atoms with Gasteiger partial charge in [-0.3, -0.25) is 0 Å². The first-order chi connectivity index (χ1) is 16.0. The lowest BCUT2D eigenvalue weighted by Crippen LogP contribution is -2.41. The number of aromatic nitrogens is 4. The van der Waals surface area contributed by atoms with Crippen molar-refractivity contribution in [3.05, 3.63) is 113 Å². The zero-order chi connectivity index (χ0) is 22.9. The summed E-state index contributed by atoms with van der Waals surface area (Å²) < 4.78 is 5.44. The molecule has 0 amide bonds. The number of ether oxygens (including phenoxy) is 1. The van der Waals surface area contributed by atoms with E-state index in [-0.39, 0.29) is 23.7 Å². The van der Waals surface area contributed by atoms with Crippen LogP contribution in [0, 0.1) is 20.8 Å². The van der Waals surface area contributed by atoms with Crippen molar-refractivity contribution in [3.8, 4) is 6.01 Å². The minimum Gasteiger partial charge on any atom is -0.467 e. The van der Waals surface area contributed by atoms with Crippen LogP contribution in [0.1, 0.15) is 63.4 Å². The highest BCUT2D eigenvalue weighted by Gasteiger charge is 2.54. The predicted octanol–water partition coefficient (Wildman–Crippen LogP) is 5.65. The van der Waals surface area contributed by atoms with Crippen molar-refractivity contribution in [2.24, 2.45) is 0 Å². The number of rotatable bonds is 5. The largest absolute Gasteiger partial charge is 0.467 e. The molecule has 0 saturated heterocycles. The Balaban J connectivity index is 1.72. The third kappa shape index (κ3) is 3.99. The van der Waals surface area contributed by atoms with E-state index in [1.165, 1.54) is 11.1 Å². The molecule has 1 aliphatic rings. The van der Waals surface area contributed by atoms with Crippen LogP contribution in [0.15, 0.2) is 72.8 Å². The highest BCUT2D eigenvalue weighted by Crippen LogP contribution is 2.66. The number of methoxy groups -OCH3 is 1. The second-order valence-corrected chi connectivity index (χ2v) is 8.83. The van der Waals surface area contributed by atoms with E-state index in [0.717, 1.165) is 28.6 Å². The Hall–Kier alpha value is -3.60. The van der Waals surface area contributed by atoms with E-state index in [1.54, 1.807) is 7.11 Å². The minimum absolute atomic E-state index is 0.172. The van der Waals surface area contributed by atoms with Crippen molar-refractivity contribution in [3.63, 3.8) is 0 Å². The van der Waals surface area contributed by atoms with Gasteiger partial charge in [0, 0.05) is 40.8 Å². The summed E-state index contributed by atoms with van der Waals surface area (Å²) in [4.78, 5) is 18.7. The van der Waals surface area contributed by atoms with Crippen molar-refractivity contribution < 1.29 is 4.74 Å². The van der Waals surface area contributed by atoms with Gasteiger partial charge in [-0.2, -0.15) is 4.98 Å². The van der Waals surface area contributed by atoms with Crippen LogP contribution < -0.4 is 4.74 Å². The van der Waals surface area contributed by atoms with Crippen LogP contribution in [0.2, 0.25) is 0 Å². The molecule has 5 nitrogen and oxygen atoms in total. The quantitative estimate of drug-likeness (QED) is 0.405. The Labute approximate surface area is 195 Å². The molecule has 5 rings (SSSR count). The second kappa shape index (κ2) is 8.74. The summed E-state index contributed by atoms with van der Waals surface area (Å²) in [7, 11) is 1.62. The maximum Gasteiger partial charge on any atom is 0.316 e. The zero-order valence-corrected chi connectivity index (χ0v) is 19.4. The smallest absolute Gasteiger partial charge is 0.316 e. The summed E-state index contributed by atoms with van der Waals surface area (Å²) in [5.41, 5.74) is 6.61. The first kappa shape index (κ1) is 21.3. The fourth-order valence-electron chi connectivity index (χ4n) is 5.41. The van der Waals surface area contributed by atoms with Crippen LogP contribution in [0.4, 0.5) is 0 Å². The Kier molecular flexibility index (Phi) is 5.63. The van der Waals surface area contributed by atoms with E-state index < -0.39 is 0 Å². The summed E-state index contributed by atoms with van der Waals surface area (Å²) >= 11 is 0. The first-order valence-corrected chi connectivity index (χ1v) is 11.4. The molecule has 1 fully saturated rings. The molecule has 2 aromatic carbocycles. The monoisotopic (exact) mass is 436 g/mol. The predicted molar refractivity (Wildman–Crippen MR) is 129 cm³/mol. The molecule has 1 aliphatic carbocycles. The van der Waals surface area contributed by atoms with E-state index in [4.69, 9.17) is 14.7 Å². The van der Waals surface area contributed by atoms with Gasteiger partial charge in [0.05, 0.1) is 12.8 Å². The van der Waals surface area contributed by atoms with Crippen molar-refractivity contribution in [2.75, 3.05) is 7.11 Å². The van der Waals surface area contributed by atoms with Gasteiger partial charge in [0.2, 0.25) is 0 Å². The van der Waals surface area contributed by atoms with E-state index in [2.05, 4.69) is 82.8 Å². The van der Waals surface area contributed by atoms with Gasteiger partial charge in [-0.05, 0) is 44.0 Å². The van der Waals surface area contributed by atoms with Gasteiger partial charge < -0.3 is 4.74 Å². The molecule has 0 spiro atoms. The molecule has 5 heteroatoms. The molecule has 0 N–H and O–H groups in total. The summed E-state index contributed by atoms with van der Waals surface area (Å²) in [6, 6.07) is 26.1. The number of hydrogen-bond acceptors (Lipinski definition) is 5. The first-order valence-electron chi connectivity index (χ1n) is 11.4. The van der Waals surface area contributed by atoms with Crippen molar-refractivity contribution in [1.82, 2.24) is 19.9 Å². The molecule has 2 heterocycles. The lowest BCUT2D eigenvalue weighted by molar-refractivity contribution is 0.217. The van der Waals surface area contributed by atoms with Gasteiger partial charge in [0.15, 0.2) is 0 Å². The molecule has 166 valence electrons. The number of hydrogen-bond donors (Lipinski definition) is 0. The normalized spacial score (nSPS) is 21.9. The lowest BCUT2D eigenvalue weighted by atomic mass is 9.50. The summed E-state index contributed by atoms with van der Waals surface area (Å²) in [6.45, 7) is 6.01. The fourth-order valence-corrected chi connectivity index (χ4v) is 5.41. The lowest BCUT2D eigenvalue weighted by Gasteiger charge is -2.52. The van der Waals surface area contributed by atoms with Crippen LogP contribution in [0.25, 0.3) is 0 Å². The van der Waals surface area contributed by atoms with Gasteiger partial charge in [-0.25, -0.2) is 15.0 Å². The van der Waals surface area contributed by atoms with Crippen LogP contribution >= 0.6 is 0 Å². The van der Waals surface area contributed by atoms with Gasteiger partial charge in [-0.1, -0.05) is 60.7 Å². The Morgan fingerprint density at radius 2 is 1.06 bits per heavy atom. The fraction of sp³-hybridized carbons (Fsp3) is 0.286. The maximum atomic E-state index is 5.44. The van der Waals surface area contributed by atoms with Crippen LogP contribution in [0.5, 0.6) is 6.01 Å². The van der Waals surface area contributed by atoms with Gasteiger partial charge in [0.1, 0.15) is 5.82 Å². The number of aryl methyl sites for hydroxylation is 3. The molecular formula is C28H28N4O. The third-order valence-electron chi connectivity index (χ3n) is 6.62. The molecule has 0 radical (unpaired) electrons. The van der Waals surface area contributed by atoms with Gasteiger partial charge in [-0.15, -0.1) is 0 Å². The maximum absolute atomic E-state index is 5.44. The molecule has 1 saturated carbocycles. The van der Waals surface area contributed by atoms with Crippen molar-refractivity contribution in [1.29, 1.82) is 0 Å². The molecule has 0 aliphatic heterocycles. The highest BCUT2D eigenvalue weighted by atomic mass is 16.5. The third-order valence-corrected chi connectivity index (χ3v) is 6.62. The molecule has 0 unspecified atom stereocenters. The van der Waals surface area contributed by atoms with Gasteiger partial charge in [0.25, 0.3) is 0 Å². The Morgan fingerprint density at radius 1 is 0.576 bits per heavy atom. The topological polar surface area (TPSA) is 60.8 Å². The van der Waals surface area contributed by atoms with Crippen molar-refractivity contribution in [2.45, 2.75) is 44.4 Å². The van der Waals surface area contributed by atoms with Crippen LogP contribution in [0.3, 0.4) is 0 Å². The average molecular weight is 437 g/mol. The summed E-state index contributed by atoms with van der Waals surface area (Å²) in [5, 5.41) is 0. The molecule has 33 heavy (non-hydrogen) atoms. The van der Waals surface area contributed by atoms with Crippen molar-refractivity contribution >= 4 is 0 Å². The average Bonchev–Trinajstić information content (AvgIpc) is 2.79. The van der Waals surface area contributed by atoms with Crippen LogP contribution in [-0.2, 0) is 0 Å². The Morgan fingerprint density at radius 3 is 1.55 bits per heavy atom.